The minimum atomic E-state index is 0.0763. The van der Waals surface area contributed by atoms with Crippen molar-refractivity contribution in [2.24, 2.45) is 0 Å². The predicted octanol–water partition coefficient (Wildman–Crippen LogP) is 4.30. The molecule has 1 aromatic carbocycles. The van der Waals surface area contributed by atoms with E-state index in [1.54, 1.807) is 0 Å². The molecule has 1 fully saturated rings. The van der Waals surface area contributed by atoms with Crippen LogP contribution in [0, 0.1) is 20.8 Å². The molecule has 0 heterocycles. The zero-order valence-corrected chi connectivity index (χ0v) is 13.7. The normalized spacial score (nSPS) is 17.1. The third-order valence-corrected chi connectivity index (χ3v) is 4.49. The summed E-state index contributed by atoms with van der Waals surface area (Å²) in [6, 6.07) is 4.98. The molecule has 0 saturated heterocycles. The van der Waals surface area contributed by atoms with E-state index in [0.29, 0.717) is 6.04 Å². The summed E-state index contributed by atoms with van der Waals surface area (Å²) >= 11 is 0. The molecule has 0 radical (unpaired) electrons. The Hall–Kier alpha value is -1.02. The van der Waals surface area contributed by atoms with Crippen molar-refractivity contribution < 1.29 is 4.74 Å². The maximum Gasteiger partial charge on any atom is 0.123 e. The topological polar surface area (TPSA) is 21.3 Å². The molecule has 20 heavy (non-hydrogen) atoms. The average molecular weight is 275 g/mol. The quantitative estimate of drug-likeness (QED) is 0.835. The van der Waals surface area contributed by atoms with E-state index in [4.69, 9.17) is 4.74 Å². The maximum atomic E-state index is 6.47. The molecule has 2 rings (SSSR count). The first kappa shape index (κ1) is 15.4. The van der Waals surface area contributed by atoms with Crippen LogP contribution >= 0.6 is 0 Å². The minimum absolute atomic E-state index is 0.0763. The average Bonchev–Trinajstić information content (AvgIpc) is 2.31. The number of hydrogen-bond acceptors (Lipinski definition) is 2. The van der Waals surface area contributed by atoms with Gasteiger partial charge in [0.15, 0.2) is 0 Å². The van der Waals surface area contributed by atoms with E-state index in [1.165, 1.54) is 36.0 Å². The van der Waals surface area contributed by atoms with Crippen LogP contribution in [0.2, 0.25) is 0 Å². The minimum Gasteiger partial charge on any atom is -0.487 e. The maximum absolute atomic E-state index is 6.47. The first-order chi connectivity index (χ1) is 9.42. The van der Waals surface area contributed by atoms with Crippen LogP contribution in [0.25, 0.3) is 0 Å². The van der Waals surface area contributed by atoms with Gasteiger partial charge in [-0.2, -0.15) is 0 Å². The van der Waals surface area contributed by atoms with Gasteiger partial charge in [-0.05, 0) is 75.8 Å². The van der Waals surface area contributed by atoms with Gasteiger partial charge in [-0.3, -0.25) is 0 Å². The van der Waals surface area contributed by atoms with E-state index < -0.39 is 0 Å². The van der Waals surface area contributed by atoms with E-state index in [2.05, 4.69) is 52.1 Å². The number of rotatable bonds is 6. The summed E-state index contributed by atoms with van der Waals surface area (Å²) < 4.78 is 6.47. The predicted molar refractivity (Wildman–Crippen MR) is 85.6 cm³/mol. The molecule has 0 aliphatic heterocycles. The fraction of sp³-hybridized carbons (Fsp3) is 0.667. The highest BCUT2D eigenvalue weighted by Crippen LogP contribution is 2.40. The third-order valence-electron chi connectivity index (χ3n) is 4.49. The number of nitrogens with one attached hydrogen (secondary N) is 1. The summed E-state index contributed by atoms with van der Waals surface area (Å²) in [6.45, 7) is 11.9. The van der Waals surface area contributed by atoms with Gasteiger partial charge in [0.1, 0.15) is 11.4 Å². The van der Waals surface area contributed by atoms with Crippen molar-refractivity contribution in [1.82, 2.24) is 5.32 Å². The molecule has 0 bridgehead atoms. The molecule has 0 atom stereocenters. The van der Waals surface area contributed by atoms with Crippen molar-refractivity contribution in [2.45, 2.75) is 71.9 Å². The van der Waals surface area contributed by atoms with Crippen LogP contribution in [-0.4, -0.2) is 18.2 Å². The van der Waals surface area contributed by atoms with Crippen molar-refractivity contribution in [1.29, 1.82) is 0 Å². The highest BCUT2D eigenvalue weighted by atomic mass is 16.5. The fourth-order valence-electron chi connectivity index (χ4n) is 2.90. The molecule has 2 heteroatoms. The molecule has 0 amide bonds. The molecule has 1 aliphatic rings. The van der Waals surface area contributed by atoms with Gasteiger partial charge >= 0.3 is 0 Å². The molecule has 1 N–H and O–H groups in total. The van der Waals surface area contributed by atoms with Gasteiger partial charge < -0.3 is 10.1 Å². The van der Waals surface area contributed by atoms with Gasteiger partial charge in [-0.1, -0.05) is 19.9 Å². The number of hydrogen-bond donors (Lipinski definition) is 1. The first-order valence-corrected chi connectivity index (χ1v) is 7.92. The molecule has 1 aliphatic carbocycles. The summed E-state index contributed by atoms with van der Waals surface area (Å²) in [7, 11) is 0. The second-order valence-corrected chi connectivity index (χ2v) is 6.70. The Morgan fingerprint density at radius 2 is 1.90 bits per heavy atom. The van der Waals surface area contributed by atoms with Crippen LogP contribution in [0.4, 0.5) is 0 Å². The van der Waals surface area contributed by atoms with Gasteiger partial charge in [-0.15, -0.1) is 0 Å². The Balaban J connectivity index is 2.06. The van der Waals surface area contributed by atoms with Crippen LogP contribution < -0.4 is 10.1 Å². The van der Waals surface area contributed by atoms with Crippen LogP contribution in [0.1, 0.15) is 56.2 Å². The lowest BCUT2D eigenvalue weighted by molar-refractivity contribution is -0.0151. The van der Waals surface area contributed by atoms with E-state index in [0.717, 1.165) is 18.7 Å². The van der Waals surface area contributed by atoms with Crippen molar-refractivity contribution in [3.05, 3.63) is 28.8 Å². The molecule has 112 valence electrons. The molecule has 0 unspecified atom stereocenters. The van der Waals surface area contributed by atoms with Crippen LogP contribution in [0.3, 0.4) is 0 Å². The SMILES string of the molecule is Cc1cc(C)c(C)c(OC2(CCNC(C)C)CCC2)c1. The van der Waals surface area contributed by atoms with E-state index in [9.17, 15) is 0 Å². The van der Waals surface area contributed by atoms with Gasteiger partial charge in [0.25, 0.3) is 0 Å². The van der Waals surface area contributed by atoms with Gasteiger partial charge in [-0.25, -0.2) is 0 Å². The molecule has 1 saturated carbocycles. The zero-order chi connectivity index (χ0) is 14.8. The summed E-state index contributed by atoms with van der Waals surface area (Å²) in [6.07, 6.45) is 4.79. The first-order valence-electron chi connectivity index (χ1n) is 7.92. The number of ether oxygens (including phenoxy) is 1. The van der Waals surface area contributed by atoms with E-state index in [-0.39, 0.29) is 5.60 Å². The number of aryl methyl sites for hydroxylation is 2. The van der Waals surface area contributed by atoms with Crippen molar-refractivity contribution in [3.63, 3.8) is 0 Å². The highest BCUT2D eigenvalue weighted by Gasteiger charge is 2.39. The third kappa shape index (κ3) is 3.54. The van der Waals surface area contributed by atoms with Crippen LogP contribution in [0.5, 0.6) is 5.75 Å². The summed E-state index contributed by atoms with van der Waals surface area (Å²) in [5, 5.41) is 3.51. The molecule has 1 aromatic rings. The smallest absolute Gasteiger partial charge is 0.123 e. The molecule has 0 spiro atoms. The van der Waals surface area contributed by atoms with Crippen LogP contribution in [-0.2, 0) is 0 Å². The van der Waals surface area contributed by atoms with Crippen molar-refractivity contribution in [2.75, 3.05) is 6.54 Å². The fourth-order valence-corrected chi connectivity index (χ4v) is 2.90. The molecule has 0 aromatic heterocycles. The van der Waals surface area contributed by atoms with Gasteiger partial charge in [0, 0.05) is 6.04 Å². The Labute approximate surface area is 123 Å². The van der Waals surface area contributed by atoms with E-state index >= 15 is 0 Å². The summed E-state index contributed by atoms with van der Waals surface area (Å²) in [4.78, 5) is 0. The number of benzene rings is 1. The van der Waals surface area contributed by atoms with Crippen molar-refractivity contribution >= 4 is 0 Å². The zero-order valence-electron chi connectivity index (χ0n) is 13.7. The Kier molecular flexibility index (Phi) is 4.74. The lowest BCUT2D eigenvalue weighted by Crippen LogP contribution is -2.46. The Morgan fingerprint density at radius 1 is 1.20 bits per heavy atom. The van der Waals surface area contributed by atoms with E-state index in [1.807, 2.05) is 0 Å². The van der Waals surface area contributed by atoms with Crippen LogP contribution in [0.15, 0.2) is 12.1 Å². The largest absolute Gasteiger partial charge is 0.487 e. The highest BCUT2D eigenvalue weighted by molar-refractivity contribution is 5.42. The lowest BCUT2D eigenvalue weighted by Gasteiger charge is -2.43. The lowest BCUT2D eigenvalue weighted by atomic mass is 9.77. The standard InChI is InChI=1S/C18H29NO/c1-13(2)19-10-9-18(7-6-8-18)20-17-12-14(3)11-15(4)16(17)5/h11-13,19H,6-10H2,1-5H3. The summed E-state index contributed by atoms with van der Waals surface area (Å²) in [5.41, 5.74) is 3.98. The van der Waals surface area contributed by atoms with Gasteiger partial charge in [0.2, 0.25) is 0 Å². The Morgan fingerprint density at radius 3 is 2.45 bits per heavy atom. The van der Waals surface area contributed by atoms with Crippen molar-refractivity contribution in [3.8, 4) is 5.75 Å². The second kappa shape index (κ2) is 6.17. The Bertz CT molecular complexity index is 461. The molecular formula is C18H29NO. The monoisotopic (exact) mass is 275 g/mol. The molecular weight excluding hydrogens is 246 g/mol. The van der Waals surface area contributed by atoms with Gasteiger partial charge in [0.05, 0.1) is 0 Å². The second-order valence-electron chi connectivity index (χ2n) is 6.70. The summed E-state index contributed by atoms with van der Waals surface area (Å²) in [5.74, 6) is 1.09. The molecule has 2 nitrogen and oxygen atoms in total.